The van der Waals surface area contributed by atoms with Gasteiger partial charge in [-0.25, -0.2) is 4.98 Å². The second-order valence-corrected chi connectivity index (χ2v) is 6.45. The molecule has 0 saturated carbocycles. The van der Waals surface area contributed by atoms with Gasteiger partial charge in [0, 0.05) is 13.2 Å². The van der Waals surface area contributed by atoms with Crippen LogP contribution in [0.4, 0.5) is 0 Å². The highest BCUT2D eigenvalue weighted by Crippen LogP contribution is 2.23. The summed E-state index contributed by atoms with van der Waals surface area (Å²) in [5.74, 6) is 0.618. The Bertz CT molecular complexity index is 1060. The molecule has 4 aromatic rings. The second kappa shape index (κ2) is 7.41. The number of amides is 1. The smallest absolute Gasteiger partial charge is 0.270 e. The topological polar surface area (TPSA) is 59.8 Å². The van der Waals surface area contributed by atoms with Crippen LogP contribution >= 0.6 is 0 Å². The summed E-state index contributed by atoms with van der Waals surface area (Å²) in [4.78, 5) is 21.7. The summed E-state index contributed by atoms with van der Waals surface area (Å²) < 4.78 is 2.04. The van der Waals surface area contributed by atoms with Crippen molar-refractivity contribution in [3.8, 4) is 0 Å². The summed E-state index contributed by atoms with van der Waals surface area (Å²) in [6.45, 7) is 0. The van der Waals surface area contributed by atoms with Gasteiger partial charge in [-0.1, -0.05) is 48.5 Å². The first-order valence-corrected chi connectivity index (χ1v) is 8.89. The molecule has 0 bridgehead atoms. The maximum Gasteiger partial charge on any atom is 0.270 e. The van der Waals surface area contributed by atoms with Gasteiger partial charge in [-0.2, -0.15) is 0 Å². The van der Waals surface area contributed by atoms with E-state index in [1.54, 1.807) is 18.3 Å². The van der Waals surface area contributed by atoms with E-state index in [1.807, 2.05) is 60.1 Å². The monoisotopic (exact) mass is 356 g/mol. The first kappa shape index (κ1) is 17.0. The quantitative estimate of drug-likeness (QED) is 0.593. The minimum atomic E-state index is -0.265. The number of pyridine rings is 1. The molecule has 27 heavy (non-hydrogen) atoms. The molecule has 2 aromatic heterocycles. The van der Waals surface area contributed by atoms with E-state index < -0.39 is 0 Å². The van der Waals surface area contributed by atoms with Crippen molar-refractivity contribution in [2.75, 3.05) is 0 Å². The Morgan fingerprint density at radius 1 is 1.00 bits per heavy atom. The van der Waals surface area contributed by atoms with Crippen LogP contribution in [0, 0.1) is 0 Å². The number of hydrogen-bond donors (Lipinski definition) is 1. The van der Waals surface area contributed by atoms with Gasteiger partial charge < -0.3 is 9.88 Å². The van der Waals surface area contributed by atoms with Gasteiger partial charge in [-0.3, -0.25) is 9.78 Å². The molecule has 5 heteroatoms. The average Bonchev–Trinajstić information content (AvgIpc) is 3.06. The molecule has 0 saturated heterocycles. The maximum atomic E-state index is 12.7. The first-order chi connectivity index (χ1) is 13.2. The standard InChI is InChI=1S/C22H20N4O/c1-26-20-13-6-5-11-17(20)24-21(26)19(15-16-9-3-2-4-10-16)25-22(27)18-12-7-8-14-23-18/h2-14,19H,15H2,1H3,(H,25,27). The number of rotatable bonds is 5. The van der Waals surface area contributed by atoms with Crippen LogP contribution in [-0.2, 0) is 13.5 Å². The molecule has 0 aliphatic rings. The Hall–Kier alpha value is -3.47. The fourth-order valence-electron chi connectivity index (χ4n) is 3.26. The van der Waals surface area contributed by atoms with Crippen molar-refractivity contribution in [1.29, 1.82) is 0 Å². The van der Waals surface area contributed by atoms with E-state index in [0.29, 0.717) is 12.1 Å². The van der Waals surface area contributed by atoms with Crippen molar-refractivity contribution in [3.63, 3.8) is 0 Å². The van der Waals surface area contributed by atoms with Crippen LogP contribution in [0.3, 0.4) is 0 Å². The van der Waals surface area contributed by atoms with E-state index >= 15 is 0 Å². The highest BCUT2D eigenvalue weighted by molar-refractivity contribution is 5.92. The molecule has 0 radical (unpaired) electrons. The minimum Gasteiger partial charge on any atom is -0.340 e. The van der Waals surface area contributed by atoms with Crippen molar-refractivity contribution >= 4 is 16.9 Å². The number of hydrogen-bond acceptors (Lipinski definition) is 3. The molecule has 1 amide bonds. The Morgan fingerprint density at radius 2 is 1.74 bits per heavy atom. The largest absolute Gasteiger partial charge is 0.340 e. The zero-order valence-corrected chi connectivity index (χ0v) is 15.0. The Balaban J connectivity index is 1.71. The van der Waals surface area contributed by atoms with Crippen LogP contribution < -0.4 is 5.32 Å². The number of aryl methyl sites for hydroxylation is 1. The van der Waals surface area contributed by atoms with Crippen molar-refractivity contribution in [1.82, 2.24) is 19.9 Å². The molecule has 0 aliphatic heterocycles. The van der Waals surface area contributed by atoms with Crippen LogP contribution in [0.2, 0.25) is 0 Å². The number of imidazole rings is 1. The lowest BCUT2D eigenvalue weighted by atomic mass is 10.0. The van der Waals surface area contributed by atoms with E-state index in [-0.39, 0.29) is 11.9 Å². The van der Waals surface area contributed by atoms with Crippen LogP contribution in [-0.4, -0.2) is 20.4 Å². The maximum absolute atomic E-state index is 12.7. The summed E-state index contributed by atoms with van der Waals surface area (Å²) in [5.41, 5.74) is 3.49. The Labute approximate surface area is 157 Å². The summed E-state index contributed by atoms with van der Waals surface area (Å²) in [7, 11) is 1.98. The summed E-state index contributed by atoms with van der Waals surface area (Å²) >= 11 is 0. The van der Waals surface area contributed by atoms with Gasteiger partial charge in [-0.15, -0.1) is 0 Å². The van der Waals surface area contributed by atoms with E-state index in [4.69, 9.17) is 4.98 Å². The predicted molar refractivity (Wildman–Crippen MR) is 105 cm³/mol. The van der Waals surface area contributed by atoms with Gasteiger partial charge in [0.1, 0.15) is 11.5 Å². The molecule has 1 unspecified atom stereocenters. The summed E-state index contributed by atoms with van der Waals surface area (Å²) in [6, 6.07) is 23.1. The van der Waals surface area contributed by atoms with Crippen LogP contribution in [0.15, 0.2) is 79.0 Å². The Kier molecular flexibility index (Phi) is 4.66. The lowest BCUT2D eigenvalue weighted by molar-refractivity contribution is 0.0929. The number of fused-ring (bicyclic) bond motifs is 1. The zero-order valence-electron chi connectivity index (χ0n) is 15.0. The zero-order chi connectivity index (χ0) is 18.6. The highest BCUT2D eigenvalue weighted by Gasteiger charge is 2.22. The minimum absolute atomic E-state index is 0.205. The molecule has 2 heterocycles. The van der Waals surface area contributed by atoms with Gasteiger partial charge in [0.15, 0.2) is 0 Å². The number of carbonyl (C=O) groups is 1. The Morgan fingerprint density at radius 3 is 2.48 bits per heavy atom. The molecular formula is C22H20N4O. The van der Waals surface area contributed by atoms with E-state index in [0.717, 1.165) is 22.4 Å². The number of aromatic nitrogens is 3. The van der Waals surface area contributed by atoms with Gasteiger partial charge >= 0.3 is 0 Å². The molecule has 2 aromatic carbocycles. The molecule has 0 aliphatic carbocycles. The van der Waals surface area contributed by atoms with Crippen molar-refractivity contribution in [2.24, 2.45) is 7.05 Å². The number of para-hydroxylation sites is 2. The van der Waals surface area contributed by atoms with Gasteiger partial charge in [0.25, 0.3) is 5.91 Å². The number of nitrogens with one attached hydrogen (secondary N) is 1. The molecule has 0 spiro atoms. The number of benzene rings is 2. The van der Waals surface area contributed by atoms with Crippen molar-refractivity contribution in [3.05, 3.63) is 96.1 Å². The molecular weight excluding hydrogens is 336 g/mol. The molecule has 134 valence electrons. The SMILES string of the molecule is Cn1c(C(Cc2ccccc2)NC(=O)c2ccccn2)nc2ccccc21. The number of nitrogens with zero attached hydrogens (tertiary/aromatic N) is 3. The first-order valence-electron chi connectivity index (χ1n) is 8.89. The molecule has 0 fully saturated rings. The summed E-state index contributed by atoms with van der Waals surface area (Å²) in [5, 5.41) is 3.12. The third-order valence-corrected chi connectivity index (χ3v) is 4.62. The van der Waals surface area contributed by atoms with Gasteiger partial charge in [-0.05, 0) is 36.2 Å². The average molecular weight is 356 g/mol. The van der Waals surface area contributed by atoms with E-state index in [2.05, 4.69) is 22.4 Å². The lowest BCUT2D eigenvalue weighted by Crippen LogP contribution is -2.32. The molecule has 5 nitrogen and oxygen atoms in total. The van der Waals surface area contributed by atoms with E-state index in [1.165, 1.54) is 0 Å². The fraction of sp³-hybridized carbons (Fsp3) is 0.136. The lowest BCUT2D eigenvalue weighted by Gasteiger charge is -2.19. The van der Waals surface area contributed by atoms with Gasteiger partial charge in [0.05, 0.1) is 17.1 Å². The van der Waals surface area contributed by atoms with Crippen LogP contribution in [0.25, 0.3) is 11.0 Å². The van der Waals surface area contributed by atoms with Crippen LogP contribution in [0.1, 0.15) is 27.9 Å². The third kappa shape index (κ3) is 3.58. The van der Waals surface area contributed by atoms with Crippen molar-refractivity contribution < 1.29 is 4.79 Å². The normalized spacial score (nSPS) is 12.0. The highest BCUT2D eigenvalue weighted by atomic mass is 16.1. The van der Waals surface area contributed by atoms with Crippen LogP contribution in [0.5, 0.6) is 0 Å². The predicted octanol–water partition coefficient (Wildman–Crippen LogP) is 3.68. The molecule has 1 N–H and O–H groups in total. The van der Waals surface area contributed by atoms with Crippen molar-refractivity contribution in [2.45, 2.75) is 12.5 Å². The van der Waals surface area contributed by atoms with E-state index in [9.17, 15) is 4.79 Å². The number of carbonyl (C=O) groups excluding carboxylic acids is 1. The second-order valence-electron chi connectivity index (χ2n) is 6.45. The fourth-order valence-corrected chi connectivity index (χ4v) is 3.26. The molecule has 4 rings (SSSR count). The molecule has 1 atom stereocenters. The van der Waals surface area contributed by atoms with Gasteiger partial charge in [0.2, 0.25) is 0 Å². The third-order valence-electron chi connectivity index (χ3n) is 4.62. The summed E-state index contributed by atoms with van der Waals surface area (Å²) in [6.07, 6.45) is 2.27.